The van der Waals surface area contributed by atoms with Gasteiger partial charge in [-0.1, -0.05) is 74.5 Å². The van der Waals surface area contributed by atoms with Crippen molar-refractivity contribution >= 4 is 17.8 Å². The van der Waals surface area contributed by atoms with E-state index in [0.29, 0.717) is 0 Å². The van der Waals surface area contributed by atoms with E-state index in [1.165, 1.54) is 6.92 Å². The van der Waals surface area contributed by atoms with E-state index in [4.69, 9.17) is 0 Å². The van der Waals surface area contributed by atoms with E-state index in [9.17, 15) is 19.5 Å². The minimum atomic E-state index is -1.19. The summed E-state index contributed by atoms with van der Waals surface area (Å²) in [6.07, 6.45) is 0. The van der Waals surface area contributed by atoms with Gasteiger partial charge in [-0.3, -0.25) is 9.59 Å². The molecular formula is C22H26N2O4. The fraction of sp³-hybridized carbons (Fsp3) is 0.318. The summed E-state index contributed by atoms with van der Waals surface area (Å²) in [5.41, 5.74) is 1.56. The molecule has 2 rings (SSSR count). The van der Waals surface area contributed by atoms with Crippen LogP contribution in [0.1, 0.15) is 37.8 Å². The van der Waals surface area contributed by atoms with E-state index in [1.807, 2.05) is 60.7 Å². The van der Waals surface area contributed by atoms with Crippen LogP contribution < -0.4 is 10.6 Å². The Morgan fingerprint density at radius 2 is 1.25 bits per heavy atom. The molecule has 0 aromatic heterocycles. The number of rotatable bonds is 8. The van der Waals surface area contributed by atoms with Crippen LogP contribution in [0.25, 0.3) is 0 Å². The van der Waals surface area contributed by atoms with Crippen molar-refractivity contribution < 1.29 is 19.5 Å². The topological polar surface area (TPSA) is 95.5 Å². The van der Waals surface area contributed by atoms with Gasteiger partial charge in [0.05, 0.1) is 0 Å². The number of aliphatic carboxylic acids is 1. The Hall–Kier alpha value is -3.15. The van der Waals surface area contributed by atoms with Crippen LogP contribution in [0.3, 0.4) is 0 Å². The molecule has 0 spiro atoms. The number of carbonyl (C=O) groups is 3. The second-order valence-corrected chi connectivity index (χ2v) is 7.05. The van der Waals surface area contributed by atoms with Gasteiger partial charge in [-0.15, -0.1) is 0 Å². The molecule has 28 heavy (non-hydrogen) atoms. The molecule has 0 fully saturated rings. The largest absolute Gasteiger partial charge is 0.480 e. The second-order valence-electron chi connectivity index (χ2n) is 7.05. The molecule has 0 aliphatic heterocycles. The van der Waals surface area contributed by atoms with E-state index in [-0.39, 0.29) is 11.8 Å². The third-order valence-electron chi connectivity index (χ3n) is 4.52. The first-order valence-electron chi connectivity index (χ1n) is 9.21. The van der Waals surface area contributed by atoms with Crippen molar-refractivity contribution in [2.75, 3.05) is 0 Å². The summed E-state index contributed by atoms with van der Waals surface area (Å²) in [5, 5.41) is 15.2. The molecule has 0 bridgehead atoms. The number of hydrogen-bond acceptors (Lipinski definition) is 3. The number of amides is 2. The van der Waals surface area contributed by atoms with Gasteiger partial charge >= 0.3 is 5.97 Å². The predicted molar refractivity (Wildman–Crippen MR) is 107 cm³/mol. The number of carboxylic acids is 1. The molecule has 0 saturated carbocycles. The molecule has 2 aromatic rings. The van der Waals surface area contributed by atoms with Gasteiger partial charge in [0.15, 0.2) is 0 Å². The highest BCUT2D eigenvalue weighted by molar-refractivity contribution is 5.90. The Labute approximate surface area is 165 Å². The first kappa shape index (κ1) is 21.2. The Balaban J connectivity index is 2.41. The minimum Gasteiger partial charge on any atom is -0.480 e. The van der Waals surface area contributed by atoms with Crippen LogP contribution in [-0.2, 0) is 14.4 Å². The predicted octanol–water partition coefficient (Wildman–Crippen LogP) is 2.55. The molecule has 2 amide bonds. The zero-order valence-corrected chi connectivity index (χ0v) is 16.3. The van der Waals surface area contributed by atoms with E-state index >= 15 is 0 Å². The number of nitrogens with one attached hydrogen (secondary N) is 2. The molecule has 0 unspecified atom stereocenters. The fourth-order valence-electron chi connectivity index (χ4n) is 3.18. The van der Waals surface area contributed by atoms with Crippen molar-refractivity contribution in [1.29, 1.82) is 0 Å². The molecule has 0 radical (unpaired) electrons. The average Bonchev–Trinajstić information content (AvgIpc) is 2.66. The van der Waals surface area contributed by atoms with Crippen molar-refractivity contribution in [3.8, 4) is 0 Å². The van der Waals surface area contributed by atoms with Gasteiger partial charge in [0, 0.05) is 12.8 Å². The van der Waals surface area contributed by atoms with Crippen LogP contribution in [0.2, 0.25) is 0 Å². The summed E-state index contributed by atoms with van der Waals surface area (Å²) in [6.45, 7) is 4.91. The standard InChI is InChI=1S/C22H26N2O4/c1-14(2)19(23-15(3)25)21(26)24-20(22(27)28)18(16-10-6-4-7-11-16)17-12-8-5-9-13-17/h4-14,18-20H,1-3H3,(H,23,25)(H,24,26)(H,27,28)/t19-,20-/m1/s1. The van der Waals surface area contributed by atoms with Crippen molar-refractivity contribution in [2.45, 2.75) is 38.8 Å². The summed E-state index contributed by atoms with van der Waals surface area (Å²) in [4.78, 5) is 36.4. The molecule has 2 aromatic carbocycles. The van der Waals surface area contributed by atoms with Crippen molar-refractivity contribution in [3.05, 3.63) is 71.8 Å². The number of carboxylic acid groups (broad SMARTS) is 1. The van der Waals surface area contributed by atoms with Gasteiger partial charge in [-0.2, -0.15) is 0 Å². The molecular weight excluding hydrogens is 356 g/mol. The number of hydrogen-bond donors (Lipinski definition) is 3. The van der Waals surface area contributed by atoms with Crippen LogP contribution in [0.15, 0.2) is 60.7 Å². The summed E-state index contributed by atoms with van der Waals surface area (Å²) < 4.78 is 0. The summed E-state index contributed by atoms with van der Waals surface area (Å²) in [7, 11) is 0. The Kier molecular flexibility index (Phi) is 7.32. The molecule has 6 nitrogen and oxygen atoms in total. The van der Waals surface area contributed by atoms with Gasteiger partial charge in [-0.25, -0.2) is 4.79 Å². The lowest BCUT2D eigenvalue weighted by molar-refractivity contribution is -0.142. The number of benzene rings is 2. The highest BCUT2D eigenvalue weighted by Crippen LogP contribution is 2.28. The lowest BCUT2D eigenvalue weighted by atomic mass is 9.84. The average molecular weight is 382 g/mol. The van der Waals surface area contributed by atoms with Gasteiger partial charge in [0.1, 0.15) is 12.1 Å². The van der Waals surface area contributed by atoms with Crippen LogP contribution in [0, 0.1) is 5.92 Å². The smallest absolute Gasteiger partial charge is 0.327 e. The van der Waals surface area contributed by atoms with Crippen molar-refractivity contribution in [2.24, 2.45) is 5.92 Å². The Bertz CT molecular complexity index is 766. The minimum absolute atomic E-state index is 0.190. The summed E-state index contributed by atoms with van der Waals surface area (Å²) in [6, 6.07) is 16.4. The third kappa shape index (κ3) is 5.42. The molecule has 0 aliphatic rings. The quantitative estimate of drug-likeness (QED) is 0.654. The lowest BCUT2D eigenvalue weighted by Crippen LogP contribution is -2.54. The highest BCUT2D eigenvalue weighted by atomic mass is 16.4. The summed E-state index contributed by atoms with van der Waals surface area (Å²) in [5.74, 6) is -2.77. The monoisotopic (exact) mass is 382 g/mol. The molecule has 148 valence electrons. The lowest BCUT2D eigenvalue weighted by Gasteiger charge is -2.29. The van der Waals surface area contributed by atoms with E-state index in [0.717, 1.165) is 11.1 Å². The van der Waals surface area contributed by atoms with Crippen molar-refractivity contribution in [3.63, 3.8) is 0 Å². The molecule has 0 heterocycles. The van der Waals surface area contributed by atoms with Crippen LogP contribution in [-0.4, -0.2) is 35.0 Å². The zero-order chi connectivity index (χ0) is 20.7. The zero-order valence-electron chi connectivity index (χ0n) is 16.3. The van der Waals surface area contributed by atoms with Gasteiger partial charge < -0.3 is 15.7 Å². The first-order valence-corrected chi connectivity index (χ1v) is 9.21. The Morgan fingerprint density at radius 1 is 0.786 bits per heavy atom. The maximum Gasteiger partial charge on any atom is 0.327 e. The molecule has 2 atom stereocenters. The van der Waals surface area contributed by atoms with E-state index in [2.05, 4.69) is 10.6 Å². The normalized spacial score (nSPS) is 13.0. The van der Waals surface area contributed by atoms with Crippen molar-refractivity contribution in [1.82, 2.24) is 10.6 Å². The molecule has 3 N–H and O–H groups in total. The van der Waals surface area contributed by atoms with Gasteiger partial charge in [0.25, 0.3) is 0 Å². The maximum absolute atomic E-state index is 12.8. The van der Waals surface area contributed by atoms with E-state index < -0.39 is 29.9 Å². The highest BCUT2D eigenvalue weighted by Gasteiger charge is 2.34. The third-order valence-corrected chi connectivity index (χ3v) is 4.52. The van der Waals surface area contributed by atoms with E-state index in [1.54, 1.807) is 13.8 Å². The van der Waals surface area contributed by atoms with Crippen LogP contribution >= 0.6 is 0 Å². The van der Waals surface area contributed by atoms with Gasteiger partial charge in [0.2, 0.25) is 11.8 Å². The number of carbonyl (C=O) groups excluding carboxylic acids is 2. The second kappa shape index (κ2) is 9.69. The molecule has 0 aliphatic carbocycles. The van der Waals surface area contributed by atoms with Gasteiger partial charge in [-0.05, 0) is 17.0 Å². The fourth-order valence-corrected chi connectivity index (χ4v) is 3.18. The maximum atomic E-state index is 12.8. The summed E-state index contributed by atoms with van der Waals surface area (Å²) >= 11 is 0. The SMILES string of the molecule is CC(=O)N[C@@H](C(=O)N[C@@H](C(=O)O)C(c1ccccc1)c1ccccc1)C(C)C. The van der Waals surface area contributed by atoms with Crippen LogP contribution in [0.4, 0.5) is 0 Å². The molecule has 0 saturated heterocycles. The Morgan fingerprint density at radius 3 is 1.61 bits per heavy atom. The van der Waals surface area contributed by atoms with Crippen LogP contribution in [0.5, 0.6) is 0 Å². The molecule has 6 heteroatoms. The first-order chi connectivity index (χ1) is 13.3.